The van der Waals surface area contributed by atoms with Gasteiger partial charge < -0.3 is 10.2 Å². The summed E-state index contributed by atoms with van der Waals surface area (Å²) in [6.45, 7) is 4.33. The summed E-state index contributed by atoms with van der Waals surface area (Å²) in [5, 5.41) is 3.43. The maximum atomic E-state index is 12.4. The number of nitrogens with one attached hydrogen (secondary N) is 1. The molecule has 1 amide bonds. The van der Waals surface area contributed by atoms with E-state index in [9.17, 15) is 4.79 Å². The molecule has 16 heavy (non-hydrogen) atoms. The zero-order valence-corrected chi connectivity index (χ0v) is 9.69. The summed E-state index contributed by atoms with van der Waals surface area (Å²) in [6.07, 6.45) is 4.01. The molecule has 2 aliphatic heterocycles. The van der Waals surface area contributed by atoms with E-state index >= 15 is 0 Å². The van der Waals surface area contributed by atoms with E-state index in [0.29, 0.717) is 11.8 Å². The standard InChI is InChI=1S/C13H20N2O/c16-13(12-10-2-1-3-11(10)12)15-6-8-4-14-5-9(8)7-15/h8-12,14H,1-7H2. The minimum Gasteiger partial charge on any atom is -0.342 e. The van der Waals surface area contributed by atoms with Gasteiger partial charge in [-0.15, -0.1) is 0 Å². The molecule has 1 N–H and O–H groups in total. The topological polar surface area (TPSA) is 32.3 Å². The Bertz CT molecular complexity index is 308. The van der Waals surface area contributed by atoms with Crippen LogP contribution in [0.3, 0.4) is 0 Å². The lowest BCUT2D eigenvalue weighted by atomic mass is 10.0. The van der Waals surface area contributed by atoms with Crippen LogP contribution in [0.25, 0.3) is 0 Å². The highest BCUT2D eigenvalue weighted by atomic mass is 16.2. The molecule has 0 radical (unpaired) electrons. The van der Waals surface area contributed by atoms with Gasteiger partial charge in [-0.2, -0.15) is 0 Å². The lowest BCUT2D eigenvalue weighted by molar-refractivity contribution is -0.132. The number of nitrogens with zero attached hydrogens (tertiary/aromatic N) is 1. The molecule has 0 bridgehead atoms. The van der Waals surface area contributed by atoms with Gasteiger partial charge in [-0.05, 0) is 36.5 Å². The molecule has 4 rings (SSSR count). The molecule has 2 saturated heterocycles. The molecule has 3 nitrogen and oxygen atoms in total. The molecule has 4 atom stereocenters. The minimum atomic E-state index is 0.445. The van der Waals surface area contributed by atoms with Crippen molar-refractivity contribution < 1.29 is 4.79 Å². The Balaban J connectivity index is 1.42. The third kappa shape index (κ3) is 1.21. The third-order valence-electron chi connectivity index (χ3n) is 5.39. The maximum Gasteiger partial charge on any atom is 0.226 e. The van der Waals surface area contributed by atoms with Crippen molar-refractivity contribution in [2.75, 3.05) is 26.2 Å². The van der Waals surface area contributed by atoms with Crippen LogP contribution in [0.4, 0.5) is 0 Å². The van der Waals surface area contributed by atoms with Gasteiger partial charge in [0.05, 0.1) is 0 Å². The molecule has 0 spiro atoms. The van der Waals surface area contributed by atoms with E-state index in [1.165, 1.54) is 19.3 Å². The molecule has 0 aromatic heterocycles. The smallest absolute Gasteiger partial charge is 0.226 e. The second-order valence-electron chi connectivity index (χ2n) is 6.21. The van der Waals surface area contributed by atoms with E-state index < -0.39 is 0 Å². The molecule has 4 unspecified atom stereocenters. The summed E-state index contributed by atoms with van der Waals surface area (Å²) in [5.74, 6) is 4.02. The first-order valence-corrected chi connectivity index (χ1v) is 6.84. The molecule has 4 aliphatic rings. The average molecular weight is 220 g/mol. The minimum absolute atomic E-state index is 0.445. The van der Waals surface area contributed by atoms with Crippen molar-refractivity contribution in [2.45, 2.75) is 19.3 Å². The quantitative estimate of drug-likeness (QED) is 0.706. The van der Waals surface area contributed by atoms with E-state index in [4.69, 9.17) is 0 Å². The number of hydrogen-bond acceptors (Lipinski definition) is 2. The van der Waals surface area contributed by atoms with Crippen LogP contribution < -0.4 is 5.32 Å². The van der Waals surface area contributed by atoms with Crippen LogP contribution in [-0.2, 0) is 4.79 Å². The Kier molecular flexibility index (Phi) is 1.90. The van der Waals surface area contributed by atoms with Crippen molar-refractivity contribution in [1.29, 1.82) is 0 Å². The van der Waals surface area contributed by atoms with E-state index in [-0.39, 0.29) is 0 Å². The lowest BCUT2D eigenvalue weighted by Crippen LogP contribution is -2.33. The van der Waals surface area contributed by atoms with Gasteiger partial charge in [0, 0.05) is 32.1 Å². The highest BCUT2D eigenvalue weighted by Crippen LogP contribution is 2.58. The average Bonchev–Trinajstić information content (AvgIpc) is 2.71. The molecule has 2 heterocycles. The van der Waals surface area contributed by atoms with E-state index in [2.05, 4.69) is 10.2 Å². The van der Waals surface area contributed by atoms with Crippen molar-refractivity contribution >= 4 is 5.91 Å². The Morgan fingerprint density at radius 1 is 1.06 bits per heavy atom. The van der Waals surface area contributed by atoms with Gasteiger partial charge in [0.15, 0.2) is 0 Å². The molecule has 88 valence electrons. The SMILES string of the molecule is O=C(C1C2CCCC21)N1CC2CNCC2C1. The Labute approximate surface area is 96.6 Å². The maximum absolute atomic E-state index is 12.4. The monoisotopic (exact) mass is 220 g/mol. The van der Waals surface area contributed by atoms with Gasteiger partial charge in [-0.25, -0.2) is 0 Å². The summed E-state index contributed by atoms with van der Waals surface area (Å²) in [7, 11) is 0. The fourth-order valence-corrected chi connectivity index (χ4v) is 4.43. The summed E-state index contributed by atoms with van der Waals surface area (Å²) in [6, 6.07) is 0. The first-order valence-electron chi connectivity index (χ1n) is 6.84. The summed E-state index contributed by atoms with van der Waals surface area (Å²) >= 11 is 0. The molecule has 0 aromatic rings. The zero-order chi connectivity index (χ0) is 10.7. The van der Waals surface area contributed by atoms with Gasteiger partial charge in [-0.3, -0.25) is 4.79 Å². The van der Waals surface area contributed by atoms with Gasteiger partial charge >= 0.3 is 0 Å². The molecule has 0 aromatic carbocycles. The Morgan fingerprint density at radius 3 is 2.31 bits per heavy atom. The number of amides is 1. The molecular weight excluding hydrogens is 200 g/mol. The normalized spacial score (nSPS) is 49.2. The van der Waals surface area contributed by atoms with Crippen LogP contribution in [0.15, 0.2) is 0 Å². The zero-order valence-electron chi connectivity index (χ0n) is 9.69. The van der Waals surface area contributed by atoms with E-state index in [1.807, 2.05) is 0 Å². The number of likely N-dealkylation sites (tertiary alicyclic amines) is 1. The van der Waals surface area contributed by atoms with Crippen LogP contribution in [0.2, 0.25) is 0 Å². The molecular formula is C13H20N2O. The summed E-state index contributed by atoms with van der Waals surface area (Å²) in [5.41, 5.74) is 0. The Morgan fingerprint density at radius 2 is 1.69 bits per heavy atom. The predicted molar refractivity (Wildman–Crippen MR) is 60.8 cm³/mol. The van der Waals surface area contributed by atoms with Crippen LogP contribution in [0.1, 0.15) is 19.3 Å². The molecule has 2 aliphatic carbocycles. The van der Waals surface area contributed by atoms with Crippen molar-refractivity contribution in [3.05, 3.63) is 0 Å². The number of hydrogen-bond donors (Lipinski definition) is 1. The van der Waals surface area contributed by atoms with Crippen LogP contribution in [0, 0.1) is 29.6 Å². The highest BCUT2D eigenvalue weighted by molar-refractivity contribution is 5.83. The first-order chi connectivity index (χ1) is 7.84. The van der Waals surface area contributed by atoms with E-state index in [0.717, 1.165) is 49.9 Å². The number of carbonyl (C=O) groups excluding carboxylic acids is 1. The van der Waals surface area contributed by atoms with Gasteiger partial charge in [0.1, 0.15) is 0 Å². The van der Waals surface area contributed by atoms with Crippen LogP contribution >= 0.6 is 0 Å². The summed E-state index contributed by atoms with van der Waals surface area (Å²) < 4.78 is 0. The third-order valence-corrected chi connectivity index (χ3v) is 5.39. The lowest BCUT2D eigenvalue weighted by Gasteiger charge is -2.18. The second kappa shape index (κ2) is 3.22. The number of rotatable bonds is 1. The van der Waals surface area contributed by atoms with E-state index in [1.54, 1.807) is 0 Å². The van der Waals surface area contributed by atoms with Crippen LogP contribution in [0.5, 0.6) is 0 Å². The van der Waals surface area contributed by atoms with Crippen molar-refractivity contribution in [3.8, 4) is 0 Å². The first kappa shape index (κ1) is 9.46. The van der Waals surface area contributed by atoms with Gasteiger partial charge in [0.2, 0.25) is 5.91 Å². The molecule has 3 heteroatoms. The number of carbonyl (C=O) groups is 1. The highest BCUT2D eigenvalue weighted by Gasteiger charge is 2.58. The Hall–Kier alpha value is -0.570. The van der Waals surface area contributed by atoms with Gasteiger partial charge in [-0.1, -0.05) is 6.42 Å². The van der Waals surface area contributed by atoms with Crippen molar-refractivity contribution in [2.24, 2.45) is 29.6 Å². The van der Waals surface area contributed by atoms with Crippen molar-refractivity contribution in [3.63, 3.8) is 0 Å². The van der Waals surface area contributed by atoms with Gasteiger partial charge in [0.25, 0.3) is 0 Å². The fraction of sp³-hybridized carbons (Fsp3) is 0.923. The second-order valence-corrected chi connectivity index (χ2v) is 6.21. The molecule has 4 fully saturated rings. The number of fused-ring (bicyclic) bond motifs is 2. The summed E-state index contributed by atoms with van der Waals surface area (Å²) in [4.78, 5) is 14.5. The van der Waals surface area contributed by atoms with Crippen molar-refractivity contribution in [1.82, 2.24) is 10.2 Å². The largest absolute Gasteiger partial charge is 0.342 e. The fourth-order valence-electron chi connectivity index (χ4n) is 4.43. The van der Waals surface area contributed by atoms with Crippen LogP contribution in [-0.4, -0.2) is 37.0 Å². The predicted octanol–water partition coefficient (Wildman–Crippen LogP) is 0.710. The molecule has 2 saturated carbocycles.